The molecule has 150 valence electrons. The van der Waals surface area contributed by atoms with E-state index in [0.717, 1.165) is 0 Å². The number of anilines is 1. The number of rotatable bonds is 12. The first-order valence-corrected chi connectivity index (χ1v) is 8.43. The maximum Gasteiger partial charge on any atom is 0.293 e. The molecular formula is C17H26N4O6. The average molecular weight is 382 g/mol. The van der Waals surface area contributed by atoms with Gasteiger partial charge in [-0.25, -0.2) is 0 Å². The minimum Gasteiger partial charge on any atom is -0.385 e. The Hall–Kier alpha value is -2.72. The van der Waals surface area contributed by atoms with Gasteiger partial charge < -0.3 is 25.0 Å². The number of hydrogen-bond donors (Lipinski definition) is 2. The van der Waals surface area contributed by atoms with E-state index in [0.29, 0.717) is 38.4 Å². The predicted molar refractivity (Wildman–Crippen MR) is 99.9 cm³/mol. The Balaban J connectivity index is 2.73. The van der Waals surface area contributed by atoms with Crippen LogP contribution in [-0.4, -0.2) is 75.8 Å². The first kappa shape index (κ1) is 22.3. The molecule has 0 heterocycles. The molecule has 10 heteroatoms. The van der Waals surface area contributed by atoms with Crippen LogP contribution in [0.15, 0.2) is 18.2 Å². The van der Waals surface area contributed by atoms with Crippen LogP contribution in [0.4, 0.5) is 11.4 Å². The summed E-state index contributed by atoms with van der Waals surface area (Å²) >= 11 is 0. The van der Waals surface area contributed by atoms with Gasteiger partial charge in [-0.15, -0.1) is 0 Å². The van der Waals surface area contributed by atoms with E-state index >= 15 is 0 Å². The van der Waals surface area contributed by atoms with Crippen LogP contribution < -0.4 is 10.6 Å². The summed E-state index contributed by atoms with van der Waals surface area (Å²) in [5.74, 6) is -0.789. The number of nitrogens with one attached hydrogen (secondary N) is 2. The number of nitro benzene ring substituents is 1. The fraction of sp³-hybridized carbons (Fsp3) is 0.529. The maximum atomic E-state index is 12.5. The van der Waals surface area contributed by atoms with Gasteiger partial charge in [-0.3, -0.25) is 19.7 Å². The molecule has 0 aliphatic heterocycles. The quantitative estimate of drug-likeness (QED) is 0.312. The highest BCUT2D eigenvalue weighted by Crippen LogP contribution is 2.26. The predicted octanol–water partition coefficient (Wildman–Crippen LogP) is 0.878. The number of nitro groups is 1. The Morgan fingerprint density at radius 2 is 1.89 bits per heavy atom. The van der Waals surface area contributed by atoms with Crippen molar-refractivity contribution in [3.63, 3.8) is 0 Å². The molecule has 0 aliphatic rings. The lowest BCUT2D eigenvalue weighted by atomic mass is 10.1. The van der Waals surface area contributed by atoms with Crippen molar-refractivity contribution in [3.8, 4) is 0 Å². The second-order valence-electron chi connectivity index (χ2n) is 5.77. The lowest BCUT2D eigenvalue weighted by molar-refractivity contribution is -0.384. The monoisotopic (exact) mass is 382 g/mol. The number of likely N-dealkylation sites (N-methyl/N-ethyl adjacent to an activating group) is 1. The van der Waals surface area contributed by atoms with Crippen molar-refractivity contribution in [2.75, 3.05) is 59.4 Å². The Morgan fingerprint density at radius 3 is 2.52 bits per heavy atom. The van der Waals surface area contributed by atoms with E-state index in [1.165, 1.54) is 37.3 Å². The Morgan fingerprint density at radius 1 is 1.19 bits per heavy atom. The van der Waals surface area contributed by atoms with Crippen molar-refractivity contribution in [2.45, 2.75) is 6.42 Å². The SMILES string of the molecule is COCCCNC(=O)CN(C)C(=O)c1ccc(NCCOC)c([N+](=O)[O-])c1. The molecule has 0 aromatic heterocycles. The molecule has 0 saturated carbocycles. The normalized spacial score (nSPS) is 10.3. The van der Waals surface area contributed by atoms with Crippen LogP contribution in [0.3, 0.4) is 0 Å². The molecule has 1 aromatic carbocycles. The highest BCUT2D eigenvalue weighted by molar-refractivity contribution is 5.97. The molecule has 10 nitrogen and oxygen atoms in total. The minimum absolute atomic E-state index is 0.133. The zero-order valence-electron chi connectivity index (χ0n) is 15.8. The molecule has 0 unspecified atom stereocenters. The third-order valence-corrected chi connectivity index (χ3v) is 3.64. The lowest BCUT2D eigenvalue weighted by Crippen LogP contribution is -2.38. The molecule has 0 bridgehead atoms. The number of ether oxygens (including phenoxy) is 2. The smallest absolute Gasteiger partial charge is 0.293 e. The van der Waals surface area contributed by atoms with Gasteiger partial charge in [0.05, 0.1) is 18.1 Å². The highest BCUT2D eigenvalue weighted by Gasteiger charge is 2.20. The lowest BCUT2D eigenvalue weighted by Gasteiger charge is -2.17. The molecule has 1 rings (SSSR count). The molecule has 0 saturated heterocycles. The van der Waals surface area contributed by atoms with E-state index in [1.54, 1.807) is 7.11 Å². The Kier molecular flexibility index (Phi) is 9.76. The first-order valence-electron chi connectivity index (χ1n) is 8.43. The number of amides is 2. The van der Waals surface area contributed by atoms with Crippen LogP contribution >= 0.6 is 0 Å². The summed E-state index contributed by atoms with van der Waals surface area (Å²) in [5, 5.41) is 16.9. The van der Waals surface area contributed by atoms with Gasteiger partial charge in [-0.1, -0.05) is 0 Å². The molecule has 0 radical (unpaired) electrons. The topological polar surface area (TPSA) is 123 Å². The molecule has 2 N–H and O–H groups in total. The van der Waals surface area contributed by atoms with Gasteiger partial charge in [0.25, 0.3) is 11.6 Å². The number of carbonyl (C=O) groups excluding carboxylic acids is 2. The van der Waals surface area contributed by atoms with Crippen molar-refractivity contribution in [1.29, 1.82) is 0 Å². The van der Waals surface area contributed by atoms with Gasteiger partial charge in [0.15, 0.2) is 0 Å². The summed E-state index contributed by atoms with van der Waals surface area (Å²) in [6, 6.07) is 4.15. The summed E-state index contributed by atoms with van der Waals surface area (Å²) < 4.78 is 9.79. The van der Waals surface area contributed by atoms with Gasteiger partial charge in [0.1, 0.15) is 5.69 Å². The summed E-state index contributed by atoms with van der Waals surface area (Å²) in [6.45, 7) is 1.62. The largest absolute Gasteiger partial charge is 0.385 e. The van der Waals surface area contributed by atoms with E-state index in [1.807, 2.05) is 0 Å². The molecule has 0 aliphatic carbocycles. The summed E-state index contributed by atoms with van der Waals surface area (Å²) in [7, 11) is 4.57. The fourth-order valence-electron chi connectivity index (χ4n) is 2.26. The first-order chi connectivity index (χ1) is 12.9. The molecule has 0 atom stereocenters. The van der Waals surface area contributed by atoms with Crippen molar-refractivity contribution in [1.82, 2.24) is 10.2 Å². The molecule has 2 amide bonds. The zero-order chi connectivity index (χ0) is 20.2. The average Bonchev–Trinajstić information content (AvgIpc) is 2.64. The molecule has 27 heavy (non-hydrogen) atoms. The van der Waals surface area contributed by atoms with Gasteiger partial charge in [0.2, 0.25) is 5.91 Å². The van der Waals surface area contributed by atoms with E-state index in [-0.39, 0.29) is 23.7 Å². The number of methoxy groups -OCH3 is 2. The Bertz CT molecular complexity index is 652. The van der Waals surface area contributed by atoms with Crippen LogP contribution in [0.25, 0.3) is 0 Å². The van der Waals surface area contributed by atoms with Crippen molar-refractivity contribution >= 4 is 23.2 Å². The summed E-state index contributed by atoms with van der Waals surface area (Å²) in [5.41, 5.74) is 0.218. The van der Waals surface area contributed by atoms with Crippen LogP contribution in [0, 0.1) is 10.1 Å². The van der Waals surface area contributed by atoms with Crippen molar-refractivity contribution in [2.24, 2.45) is 0 Å². The molecule has 0 spiro atoms. The highest BCUT2D eigenvalue weighted by atomic mass is 16.6. The van der Waals surface area contributed by atoms with Crippen LogP contribution in [0.2, 0.25) is 0 Å². The number of hydrogen-bond acceptors (Lipinski definition) is 7. The van der Waals surface area contributed by atoms with E-state index in [9.17, 15) is 19.7 Å². The molecule has 1 aromatic rings. The van der Waals surface area contributed by atoms with Crippen LogP contribution in [0.1, 0.15) is 16.8 Å². The second-order valence-corrected chi connectivity index (χ2v) is 5.77. The zero-order valence-corrected chi connectivity index (χ0v) is 15.8. The van der Waals surface area contributed by atoms with E-state index in [4.69, 9.17) is 9.47 Å². The van der Waals surface area contributed by atoms with E-state index in [2.05, 4.69) is 10.6 Å². The number of carbonyl (C=O) groups is 2. The molecule has 0 fully saturated rings. The maximum absolute atomic E-state index is 12.5. The summed E-state index contributed by atoms with van der Waals surface area (Å²) in [4.78, 5) is 36.3. The second kappa shape index (κ2) is 11.8. The third kappa shape index (κ3) is 7.59. The number of benzene rings is 1. The minimum atomic E-state index is -0.561. The van der Waals surface area contributed by atoms with Gasteiger partial charge in [-0.2, -0.15) is 0 Å². The van der Waals surface area contributed by atoms with Crippen molar-refractivity contribution in [3.05, 3.63) is 33.9 Å². The van der Waals surface area contributed by atoms with Crippen molar-refractivity contribution < 1.29 is 24.0 Å². The van der Waals surface area contributed by atoms with Gasteiger partial charge in [0, 0.05) is 52.6 Å². The van der Waals surface area contributed by atoms with Gasteiger partial charge >= 0.3 is 0 Å². The third-order valence-electron chi connectivity index (χ3n) is 3.64. The van der Waals surface area contributed by atoms with E-state index < -0.39 is 10.8 Å². The standard InChI is InChI=1S/C17H26N4O6/c1-20(12-16(22)19-7-4-9-26-2)17(23)13-5-6-14(18-8-10-27-3)15(11-13)21(24)25/h5-6,11,18H,4,7-10,12H2,1-3H3,(H,19,22). The molecular weight excluding hydrogens is 356 g/mol. The van der Waals surface area contributed by atoms with Gasteiger partial charge in [-0.05, 0) is 18.6 Å². The van der Waals surface area contributed by atoms with Crippen LogP contribution in [0.5, 0.6) is 0 Å². The number of nitrogens with zero attached hydrogens (tertiary/aromatic N) is 2. The summed E-state index contributed by atoms with van der Waals surface area (Å²) in [6.07, 6.45) is 0.670. The Labute approximate surface area is 158 Å². The fourth-order valence-corrected chi connectivity index (χ4v) is 2.26. The van der Waals surface area contributed by atoms with Crippen LogP contribution in [-0.2, 0) is 14.3 Å².